The second kappa shape index (κ2) is 4.73. The van der Waals surface area contributed by atoms with Crippen LogP contribution in [0.3, 0.4) is 0 Å². The summed E-state index contributed by atoms with van der Waals surface area (Å²) in [6.45, 7) is 1.05. The lowest BCUT2D eigenvalue weighted by Crippen LogP contribution is -2.24. The van der Waals surface area contributed by atoms with Crippen molar-refractivity contribution in [1.29, 1.82) is 0 Å². The molecule has 0 aliphatic carbocycles. The molecule has 0 saturated heterocycles. The maximum absolute atomic E-state index is 5.47. The van der Waals surface area contributed by atoms with Crippen LogP contribution in [0.5, 0.6) is 5.75 Å². The zero-order chi connectivity index (χ0) is 12.4. The number of para-hydroxylation sites is 3. The molecule has 0 spiro atoms. The number of methoxy groups -OCH3 is 1. The van der Waals surface area contributed by atoms with Gasteiger partial charge in [0.1, 0.15) is 5.75 Å². The van der Waals surface area contributed by atoms with Crippen LogP contribution in [0.1, 0.15) is 12.0 Å². The fourth-order valence-electron chi connectivity index (χ4n) is 2.64. The van der Waals surface area contributed by atoms with Gasteiger partial charge in [-0.25, -0.2) is 0 Å². The number of aryl methyl sites for hydroxylation is 1. The maximum atomic E-state index is 5.47. The molecule has 18 heavy (non-hydrogen) atoms. The molecule has 92 valence electrons. The number of benzene rings is 2. The normalized spacial score (nSPS) is 14.2. The highest BCUT2D eigenvalue weighted by atomic mass is 16.5. The fraction of sp³-hybridized carbons (Fsp3) is 0.250. The third kappa shape index (κ3) is 1.84. The first kappa shape index (κ1) is 11.1. The van der Waals surface area contributed by atoms with Crippen molar-refractivity contribution >= 4 is 11.4 Å². The molecule has 0 atom stereocenters. The summed E-state index contributed by atoms with van der Waals surface area (Å²) in [6.07, 6.45) is 2.36. The molecule has 1 aliphatic rings. The van der Waals surface area contributed by atoms with E-state index in [4.69, 9.17) is 4.74 Å². The van der Waals surface area contributed by atoms with E-state index >= 15 is 0 Å². The van der Waals surface area contributed by atoms with Gasteiger partial charge in [-0.05, 0) is 36.6 Å². The van der Waals surface area contributed by atoms with Gasteiger partial charge in [0.25, 0.3) is 0 Å². The van der Waals surface area contributed by atoms with Crippen LogP contribution in [-0.2, 0) is 6.42 Å². The summed E-state index contributed by atoms with van der Waals surface area (Å²) < 4.78 is 5.47. The predicted octanol–water partition coefficient (Wildman–Crippen LogP) is 3.78. The summed E-state index contributed by atoms with van der Waals surface area (Å²) in [7, 11) is 1.73. The van der Waals surface area contributed by atoms with E-state index in [9.17, 15) is 0 Å². The fourth-order valence-corrected chi connectivity index (χ4v) is 2.64. The van der Waals surface area contributed by atoms with Crippen molar-refractivity contribution in [3.63, 3.8) is 0 Å². The Kier molecular flexibility index (Phi) is 2.93. The van der Waals surface area contributed by atoms with Crippen LogP contribution < -0.4 is 9.64 Å². The number of ether oxygens (including phenoxy) is 1. The molecular weight excluding hydrogens is 222 g/mol. The van der Waals surface area contributed by atoms with E-state index in [1.54, 1.807) is 7.11 Å². The molecule has 2 aromatic rings. The highest BCUT2D eigenvalue weighted by Gasteiger charge is 2.19. The summed E-state index contributed by atoms with van der Waals surface area (Å²) in [6, 6.07) is 16.9. The van der Waals surface area contributed by atoms with Crippen LogP contribution in [0.4, 0.5) is 11.4 Å². The first-order valence-electron chi connectivity index (χ1n) is 6.38. The van der Waals surface area contributed by atoms with Crippen molar-refractivity contribution in [2.75, 3.05) is 18.6 Å². The van der Waals surface area contributed by atoms with Crippen molar-refractivity contribution in [1.82, 2.24) is 0 Å². The molecular formula is C16H17NO. The first-order valence-corrected chi connectivity index (χ1v) is 6.38. The average molecular weight is 239 g/mol. The average Bonchev–Trinajstić information content (AvgIpc) is 2.46. The van der Waals surface area contributed by atoms with Gasteiger partial charge in [-0.2, -0.15) is 0 Å². The minimum atomic E-state index is 0.939. The molecule has 2 heteroatoms. The minimum Gasteiger partial charge on any atom is -0.495 e. The standard InChI is InChI=1S/C16H17NO/c1-18-16-11-5-4-10-15(16)17-12-6-8-13-7-2-3-9-14(13)17/h2-5,7,9-11H,6,8,12H2,1H3. The molecule has 1 aliphatic heterocycles. The molecule has 3 rings (SSSR count). The summed E-state index contributed by atoms with van der Waals surface area (Å²) in [4.78, 5) is 2.36. The van der Waals surface area contributed by atoms with Gasteiger partial charge in [0.15, 0.2) is 0 Å². The largest absolute Gasteiger partial charge is 0.495 e. The summed E-state index contributed by atoms with van der Waals surface area (Å²) >= 11 is 0. The van der Waals surface area contributed by atoms with E-state index in [1.165, 1.54) is 24.1 Å². The van der Waals surface area contributed by atoms with Crippen LogP contribution in [0, 0.1) is 0 Å². The van der Waals surface area contributed by atoms with Gasteiger partial charge in [0.2, 0.25) is 0 Å². The number of nitrogens with zero attached hydrogens (tertiary/aromatic N) is 1. The van der Waals surface area contributed by atoms with Crippen molar-refractivity contribution in [2.24, 2.45) is 0 Å². The number of fused-ring (bicyclic) bond motifs is 1. The highest BCUT2D eigenvalue weighted by Crippen LogP contribution is 2.37. The lowest BCUT2D eigenvalue weighted by Gasteiger charge is -2.32. The molecule has 0 N–H and O–H groups in total. The Morgan fingerprint density at radius 2 is 1.67 bits per heavy atom. The molecule has 0 bridgehead atoms. The minimum absolute atomic E-state index is 0.939. The summed E-state index contributed by atoms with van der Waals surface area (Å²) in [5, 5.41) is 0. The number of rotatable bonds is 2. The predicted molar refractivity (Wildman–Crippen MR) is 74.8 cm³/mol. The number of hydrogen-bond acceptors (Lipinski definition) is 2. The quantitative estimate of drug-likeness (QED) is 0.790. The smallest absolute Gasteiger partial charge is 0.142 e. The maximum Gasteiger partial charge on any atom is 0.142 e. The molecule has 1 heterocycles. The zero-order valence-corrected chi connectivity index (χ0v) is 10.6. The van der Waals surface area contributed by atoms with Crippen molar-refractivity contribution in [3.8, 4) is 5.75 Å². The SMILES string of the molecule is COc1ccccc1N1CCCc2ccccc21. The first-order chi connectivity index (χ1) is 8.90. The van der Waals surface area contributed by atoms with Gasteiger partial charge < -0.3 is 9.64 Å². The summed E-state index contributed by atoms with van der Waals surface area (Å²) in [5.74, 6) is 0.939. The van der Waals surface area contributed by atoms with Gasteiger partial charge in [0.05, 0.1) is 12.8 Å². The Hall–Kier alpha value is -1.96. The second-order valence-electron chi connectivity index (χ2n) is 4.56. The zero-order valence-electron chi connectivity index (χ0n) is 10.6. The van der Waals surface area contributed by atoms with E-state index in [0.29, 0.717) is 0 Å². The molecule has 0 saturated carbocycles. The third-order valence-corrected chi connectivity index (χ3v) is 3.49. The van der Waals surface area contributed by atoms with E-state index in [1.807, 2.05) is 12.1 Å². The third-order valence-electron chi connectivity index (χ3n) is 3.49. The molecule has 2 aromatic carbocycles. The summed E-state index contributed by atoms with van der Waals surface area (Å²) in [5.41, 5.74) is 3.90. The van der Waals surface area contributed by atoms with E-state index in [0.717, 1.165) is 18.0 Å². The van der Waals surface area contributed by atoms with Crippen molar-refractivity contribution in [2.45, 2.75) is 12.8 Å². The van der Waals surface area contributed by atoms with E-state index in [-0.39, 0.29) is 0 Å². The van der Waals surface area contributed by atoms with Crippen LogP contribution >= 0.6 is 0 Å². The van der Waals surface area contributed by atoms with Crippen LogP contribution in [-0.4, -0.2) is 13.7 Å². The van der Waals surface area contributed by atoms with Gasteiger partial charge in [0, 0.05) is 12.2 Å². The Balaban J connectivity index is 2.08. The number of anilines is 2. The van der Waals surface area contributed by atoms with Gasteiger partial charge in [-0.3, -0.25) is 0 Å². The van der Waals surface area contributed by atoms with Crippen molar-refractivity contribution in [3.05, 3.63) is 54.1 Å². The Morgan fingerprint density at radius 1 is 0.944 bits per heavy atom. The van der Waals surface area contributed by atoms with Crippen LogP contribution in [0.15, 0.2) is 48.5 Å². The highest BCUT2D eigenvalue weighted by molar-refractivity contribution is 5.72. The molecule has 0 unspecified atom stereocenters. The monoisotopic (exact) mass is 239 g/mol. The lowest BCUT2D eigenvalue weighted by molar-refractivity contribution is 0.415. The molecule has 0 fully saturated rings. The van der Waals surface area contributed by atoms with Gasteiger partial charge in [-0.15, -0.1) is 0 Å². The van der Waals surface area contributed by atoms with Gasteiger partial charge in [-0.1, -0.05) is 30.3 Å². The van der Waals surface area contributed by atoms with Crippen LogP contribution in [0.25, 0.3) is 0 Å². The topological polar surface area (TPSA) is 12.5 Å². The Bertz CT molecular complexity index is 550. The van der Waals surface area contributed by atoms with Crippen LogP contribution in [0.2, 0.25) is 0 Å². The van der Waals surface area contributed by atoms with E-state index < -0.39 is 0 Å². The Labute approximate surface area is 108 Å². The van der Waals surface area contributed by atoms with Crippen molar-refractivity contribution < 1.29 is 4.74 Å². The molecule has 0 radical (unpaired) electrons. The second-order valence-corrected chi connectivity index (χ2v) is 4.56. The number of hydrogen-bond donors (Lipinski definition) is 0. The lowest BCUT2D eigenvalue weighted by atomic mass is 10.0. The van der Waals surface area contributed by atoms with Gasteiger partial charge >= 0.3 is 0 Å². The molecule has 0 amide bonds. The Morgan fingerprint density at radius 3 is 2.50 bits per heavy atom. The van der Waals surface area contributed by atoms with E-state index in [2.05, 4.69) is 41.3 Å². The molecule has 0 aromatic heterocycles. The molecule has 2 nitrogen and oxygen atoms in total.